The minimum atomic E-state index is -0.379. The minimum Gasteiger partial charge on any atom is -0.332 e. The summed E-state index contributed by atoms with van der Waals surface area (Å²) in [6, 6.07) is 7.38. The van der Waals surface area contributed by atoms with Crippen LogP contribution in [0.1, 0.15) is 24.8 Å². The molecule has 1 heterocycles. The van der Waals surface area contributed by atoms with E-state index in [2.05, 4.69) is 0 Å². The Balaban J connectivity index is 1.60. The number of halogens is 1. The molecule has 1 saturated heterocycles. The zero-order chi connectivity index (χ0) is 14.8. The monoisotopic (exact) mass is 306 g/mol. The first kappa shape index (κ1) is 14.4. The summed E-state index contributed by atoms with van der Waals surface area (Å²) >= 11 is 5.85. The molecule has 1 aromatic carbocycles. The Bertz CT molecular complexity index is 540. The summed E-state index contributed by atoms with van der Waals surface area (Å²) in [7, 11) is 0. The van der Waals surface area contributed by atoms with Crippen molar-refractivity contribution in [3.05, 3.63) is 34.9 Å². The summed E-state index contributed by atoms with van der Waals surface area (Å²) in [5.41, 5.74) is 0.994. The van der Waals surface area contributed by atoms with Gasteiger partial charge in [-0.05, 0) is 36.5 Å². The normalized spacial score (nSPS) is 19.9. The average Bonchev–Trinajstić information content (AvgIpc) is 2.43. The van der Waals surface area contributed by atoms with Gasteiger partial charge in [0.2, 0.25) is 0 Å². The fraction of sp³-hybridized carbons (Fsp3) is 0.500. The number of hydrogen-bond acceptors (Lipinski definition) is 2. The fourth-order valence-corrected chi connectivity index (χ4v) is 2.96. The molecule has 3 rings (SSSR count). The Morgan fingerprint density at radius 1 is 1.00 bits per heavy atom. The van der Waals surface area contributed by atoms with Gasteiger partial charge in [0.1, 0.15) is 0 Å². The van der Waals surface area contributed by atoms with Gasteiger partial charge in [-0.2, -0.15) is 0 Å². The second kappa shape index (κ2) is 6.06. The van der Waals surface area contributed by atoms with Gasteiger partial charge in [-0.25, -0.2) is 0 Å². The number of hydrogen-bond donors (Lipinski definition) is 0. The Morgan fingerprint density at radius 3 is 2.24 bits per heavy atom. The Hall–Kier alpha value is -1.55. The van der Waals surface area contributed by atoms with Crippen molar-refractivity contribution in [1.82, 2.24) is 9.80 Å². The first-order chi connectivity index (χ1) is 10.1. The van der Waals surface area contributed by atoms with Crippen LogP contribution in [0.4, 0.5) is 0 Å². The molecule has 1 aliphatic heterocycles. The maximum absolute atomic E-state index is 12.2. The first-order valence-corrected chi connectivity index (χ1v) is 7.84. The highest BCUT2D eigenvalue weighted by Gasteiger charge is 2.34. The smallest absolute Gasteiger partial charge is 0.312 e. The molecule has 1 aromatic rings. The van der Waals surface area contributed by atoms with E-state index in [4.69, 9.17) is 11.6 Å². The van der Waals surface area contributed by atoms with Crippen LogP contribution >= 0.6 is 11.6 Å². The Labute approximate surface area is 129 Å². The van der Waals surface area contributed by atoms with E-state index in [1.165, 1.54) is 19.3 Å². The van der Waals surface area contributed by atoms with Gasteiger partial charge in [0, 0.05) is 31.2 Å². The first-order valence-electron chi connectivity index (χ1n) is 7.46. The van der Waals surface area contributed by atoms with Crippen LogP contribution in [0.5, 0.6) is 0 Å². The quantitative estimate of drug-likeness (QED) is 0.801. The van der Waals surface area contributed by atoms with Crippen LogP contribution in [-0.4, -0.2) is 41.2 Å². The summed E-state index contributed by atoms with van der Waals surface area (Å²) in [6.45, 7) is 2.48. The summed E-state index contributed by atoms with van der Waals surface area (Å²) in [5.74, 6) is -0.123. The fourth-order valence-electron chi connectivity index (χ4n) is 2.84. The van der Waals surface area contributed by atoms with Crippen LogP contribution in [0.3, 0.4) is 0 Å². The molecule has 0 N–H and O–H groups in total. The van der Waals surface area contributed by atoms with Crippen molar-refractivity contribution in [3.8, 4) is 0 Å². The number of carbonyl (C=O) groups excluding carboxylic acids is 2. The molecule has 1 aliphatic carbocycles. The standard InChI is InChI=1S/C16H19ClN2O2/c17-14-6-4-13(5-7-14)11-19-9-8-18(15(20)16(19)21)10-12-2-1-3-12/h4-7,12H,1-3,8-11H2. The van der Waals surface area contributed by atoms with E-state index in [0.29, 0.717) is 30.6 Å². The number of benzene rings is 1. The van der Waals surface area contributed by atoms with Crippen molar-refractivity contribution in [2.75, 3.05) is 19.6 Å². The Kier molecular flexibility index (Phi) is 4.15. The maximum atomic E-state index is 12.2. The summed E-state index contributed by atoms with van der Waals surface area (Å²) in [6.07, 6.45) is 3.63. The SMILES string of the molecule is O=C1C(=O)N(CC2CCC2)CCN1Cc1ccc(Cl)cc1. The van der Waals surface area contributed by atoms with Crippen LogP contribution < -0.4 is 0 Å². The van der Waals surface area contributed by atoms with Gasteiger partial charge < -0.3 is 9.80 Å². The van der Waals surface area contributed by atoms with Crippen LogP contribution in [0.15, 0.2) is 24.3 Å². The van der Waals surface area contributed by atoms with Crippen LogP contribution in [0.2, 0.25) is 5.02 Å². The van der Waals surface area contributed by atoms with Gasteiger partial charge in [-0.3, -0.25) is 9.59 Å². The molecule has 0 spiro atoms. The van der Waals surface area contributed by atoms with E-state index in [1.54, 1.807) is 21.9 Å². The lowest BCUT2D eigenvalue weighted by Crippen LogP contribution is -2.55. The van der Waals surface area contributed by atoms with Crippen molar-refractivity contribution in [3.63, 3.8) is 0 Å². The zero-order valence-corrected chi connectivity index (χ0v) is 12.7. The lowest BCUT2D eigenvalue weighted by molar-refractivity contribution is -0.157. The molecular weight excluding hydrogens is 288 g/mol. The van der Waals surface area contributed by atoms with Crippen molar-refractivity contribution in [1.29, 1.82) is 0 Å². The molecule has 112 valence electrons. The van der Waals surface area contributed by atoms with Crippen molar-refractivity contribution in [2.45, 2.75) is 25.8 Å². The van der Waals surface area contributed by atoms with E-state index < -0.39 is 0 Å². The molecule has 21 heavy (non-hydrogen) atoms. The highest BCUT2D eigenvalue weighted by Crippen LogP contribution is 2.27. The summed E-state index contributed by atoms with van der Waals surface area (Å²) in [5, 5.41) is 0.673. The van der Waals surface area contributed by atoms with E-state index in [9.17, 15) is 9.59 Å². The van der Waals surface area contributed by atoms with E-state index >= 15 is 0 Å². The Morgan fingerprint density at radius 2 is 1.62 bits per heavy atom. The van der Waals surface area contributed by atoms with Crippen LogP contribution in [0, 0.1) is 5.92 Å². The van der Waals surface area contributed by atoms with Crippen molar-refractivity contribution < 1.29 is 9.59 Å². The molecule has 0 bridgehead atoms. The second-order valence-corrected chi connectivity index (χ2v) is 6.34. The molecule has 1 saturated carbocycles. The second-order valence-electron chi connectivity index (χ2n) is 5.90. The molecule has 2 fully saturated rings. The van der Waals surface area contributed by atoms with E-state index in [0.717, 1.165) is 12.1 Å². The van der Waals surface area contributed by atoms with Crippen LogP contribution in [-0.2, 0) is 16.1 Å². The highest BCUT2D eigenvalue weighted by molar-refractivity contribution is 6.35. The lowest BCUT2D eigenvalue weighted by atomic mass is 9.85. The molecule has 0 radical (unpaired) electrons. The van der Waals surface area contributed by atoms with Gasteiger partial charge in [-0.15, -0.1) is 0 Å². The number of carbonyl (C=O) groups is 2. The van der Waals surface area contributed by atoms with Gasteiger partial charge in [0.05, 0.1) is 0 Å². The number of nitrogens with zero attached hydrogens (tertiary/aromatic N) is 2. The molecule has 0 aromatic heterocycles. The minimum absolute atomic E-state index is 0.345. The van der Waals surface area contributed by atoms with Gasteiger partial charge >= 0.3 is 11.8 Å². The molecule has 4 nitrogen and oxygen atoms in total. The predicted molar refractivity (Wildman–Crippen MR) is 80.8 cm³/mol. The molecular formula is C16H19ClN2O2. The molecule has 0 atom stereocenters. The number of rotatable bonds is 4. The number of piperazine rings is 1. The third kappa shape index (κ3) is 3.21. The van der Waals surface area contributed by atoms with E-state index in [1.807, 2.05) is 12.1 Å². The zero-order valence-electron chi connectivity index (χ0n) is 11.9. The average molecular weight is 307 g/mol. The number of amides is 2. The molecule has 2 aliphatic rings. The third-order valence-corrected chi connectivity index (χ3v) is 4.64. The summed E-state index contributed by atoms with van der Waals surface area (Å²) in [4.78, 5) is 27.7. The van der Waals surface area contributed by atoms with Gasteiger partial charge in [0.15, 0.2) is 0 Å². The van der Waals surface area contributed by atoms with Crippen molar-refractivity contribution >= 4 is 23.4 Å². The van der Waals surface area contributed by atoms with Crippen molar-refractivity contribution in [2.24, 2.45) is 5.92 Å². The largest absolute Gasteiger partial charge is 0.332 e. The van der Waals surface area contributed by atoms with Gasteiger partial charge in [-0.1, -0.05) is 30.2 Å². The molecule has 5 heteroatoms. The van der Waals surface area contributed by atoms with Crippen LogP contribution in [0.25, 0.3) is 0 Å². The summed E-state index contributed by atoms with van der Waals surface area (Å²) < 4.78 is 0. The lowest BCUT2D eigenvalue weighted by Gasteiger charge is -2.37. The topological polar surface area (TPSA) is 40.6 Å². The highest BCUT2D eigenvalue weighted by atomic mass is 35.5. The molecule has 2 amide bonds. The predicted octanol–water partition coefficient (Wildman–Crippen LogP) is 2.31. The molecule has 0 unspecified atom stereocenters. The van der Waals surface area contributed by atoms with E-state index in [-0.39, 0.29) is 11.8 Å². The van der Waals surface area contributed by atoms with Gasteiger partial charge in [0.25, 0.3) is 0 Å². The third-order valence-electron chi connectivity index (χ3n) is 4.39. The maximum Gasteiger partial charge on any atom is 0.312 e.